The molecule has 0 aliphatic rings. The summed E-state index contributed by atoms with van der Waals surface area (Å²) in [5.41, 5.74) is 1.07. The van der Waals surface area contributed by atoms with E-state index in [4.69, 9.17) is 9.47 Å². The number of fused-ring (bicyclic) bond motifs is 1. The quantitative estimate of drug-likeness (QED) is 0.362. The van der Waals surface area contributed by atoms with E-state index in [1.807, 2.05) is 49.4 Å². The molecule has 6 nitrogen and oxygen atoms in total. The van der Waals surface area contributed by atoms with Crippen LogP contribution in [0.3, 0.4) is 0 Å². The minimum absolute atomic E-state index is 0.197. The van der Waals surface area contributed by atoms with Gasteiger partial charge in [-0.05, 0) is 42.1 Å². The van der Waals surface area contributed by atoms with Gasteiger partial charge in [0.1, 0.15) is 17.4 Å². The number of nitriles is 1. The van der Waals surface area contributed by atoms with Crippen LogP contribution in [0.25, 0.3) is 16.8 Å². The summed E-state index contributed by atoms with van der Waals surface area (Å²) in [7, 11) is 0. The fraction of sp³-hybridized carbons (Fsp3) is 0.125. The maximum Gasteiger partial charge on any atom is 0.349 e. The zero-order valence-corrected chi connectivity index (χ0v) is 16.4. The van der Waals surface area contributed by atoms with E-state index < -0.39 is 18.5 Å². The molecule has 0 radical (unpaired) electrons. The molecule has 3 aromatic carbocycles. The minimum atomic E-state index is -0.862. The van der Waals surface area contributed by atoms with Gasteiger partial charge >= 0.3 is 5.97 Å². The molecule has 3 aromatic rings. The number of anilines is 1. The standard InChI is InChI=1S/C24H20N2O4/c1-2-29-20-12-10-17(11-13-20)14-19(15-25)24(28)30-16-23(27)26-22-9-5-7-18-6-3-4-8-21(18)22/h3-14H,2,16H2,1H3,(H,26,27)/b19-14+. The van der Waals surface area contributed by atoms with Crippen molar-refractivity contribution in [1.82, 2.24) is 0 Å². The normalized spacial score (nSPS) is 10.9. The van der Waals surface area contributed by atoms with Crippen LogP contribution in [0.1, 0.15) is 12.5 Å². The van der Waals surface area contributed by atoms with Crippen LogP contribution in [0.2, 0.25) is 0 Å². The third-order valence-electron chi connectivity index (χ3n) is 4.24. The lowest BCUT2D eigenvalue weighted by molar-refractivity contribution is -0.142. The summed E-state index contributed by atoms with van der Waals surface area (Å²) in [5.74, 6) is -0.654. The fourth-order valence-corrected chi connectivity index (χ4v) is 2.86. The Labute approximate surface area is 174 Å². The highest BCUT2D eigenvalue weighted by molar-refractivity contribution is 6.04. The Morgan fingerprint density at radius 3 is 2.50 bits per heavy atom. The van der Waals surface area contributed by atoms with Crippen molar-refractivity contribution in [3.05, 3.63) is 77.9 Å². The molecular weight excluding hydrogens is 380 g/mol. The van der Waals surface area contributed by atoms with Crippen molar-refractivity contribution in [2.45, 2.75) is 6.92 Å². The molecule has 0 bridgehead atoms. The van der Waals surface area contributed by atoms with Crippen molar-refractivity contribution in [1.29, 1.82) is 5.26 Å². The first-order valence-electron chi connectivity index (χ1n) is 9.40. The lowest BCUT2D eigenvalue weighted by Crippen LogP contribution is -2.21. The predicted molar refractivity (Wildman–Crippen MR) is 115 cm³/mol. The molecule has 0 spiro atoms. The molecular formula is C24H20N2O4. The molecule has 0 aliphatic carbocycles. The van der Waals surface area contributed by atoms with E-state index in [1.165, 1.54) is 6.08 Å². The van der Waals surface area contributed by atoms with E-state index in [9.17, 15) is 14.9 Å². The van der Waals surface area contributed by atoms with Crippen molar-refractivity contribution in [3.63, 3.8) is 0 Å². The Bertz CT molecular complexity index is 1120. The predicted octanol–water partition coefficient (Wildman–Crippen LogP) is 4.33. The largest absolute Gasteiger partial charge is 0.494 e. The Morgan fingerprint density at radius 1 is 1.03 bits per heavy atom. The van der Waals surface area contributed by atoms with Gasteiger partial charge in [0.05, 0.1) is 6.61 Å². The second-order valence-electron chi connectivity index (χ2n) is 6.32. The van der Waals surface area contributed by atoms with Gasteiger partial charge in [-0.3, -0.25) is 4.79 Å². The first-order valence-corrected chi connectivity index (χ1v) is 9.40. The summed E-state index contributed by atoms with van der Waals surface area (Å²) in [6, 6.07) is 21.9. The molecule has 0 unspecified atom stereocenters. The number of benzene rings is 3. The van der Waals surface area contributed by atoms with Crippen LogP contribution in [0, 0.1) is 11.3 Å². The molecule has 0 saturated carbocycles. The molecule has 1 amide bonds. The smallest absolute Gasteiger partial charge is 0.349 e. The van der Waals surface area contributed by atoms with Crippen LogP contribution in [0.15, 0.2) is 72.3 Å². The van der Waals surface area contributed by atoms with E-state index in [2.05, 4.69) is 5.32 Å². The minimum Gasteiger partial charge on any atom is -0.494 e. The molecule has 1 N–H and O–H groups in total. The van der Waals surface area contributed by atoms with E-state index in [-0.39, 0.29) is 5.57 Å². The van der Waals surface area contributed by atoms with Gasteiger partial charge in [0, 0.05) is 11.1 Å². The van der Waals surface area contributed by atoms with Gasteiger partial charge in [0.25, 0.3) is 5.91 Å². The van der Waals surface area contributed by atoms with Gasteiger partial charge in [0.2, 0.25) is 0 Å². The van der Waals surface area contributed by atoms with Gasteiger partial charge in [-0.1, -0.05) is 48.5 Å². The molecule has 0 saturated heterocycles. The van der Waals surface area contributed by atoms with E-state index in [0.29, 0.717) is 23.6 Å². The Morgan fingerprint density at radius 2 is 1.77 bits per heavy atom. The highest BCUT2D eigenvalue weighted by Crippen LogP contribution is 2.22. The number of nitrogens with one attached hydrogen (secondary N) is 1. The van der Waals surface area contributed by atoms with Crippen LogP contribution >= 0.6 is 0 Å². The highest BCUT2D eigenvalue weighted by atomic mass is 16.5. The summed E-state index contributed by atoms with van der Waals surface area (Å²) in [6.45, 7) is 1.93. The zero-order chi connectivity index (χ0) is 21.3. The number of rotatable bonds is 7. The van der Waals surface area contributed by atoms with Crippen molar-refractivity contribution >= 4 is 34.4 Å². The van der Waals surface area contributed by atoms with E-state index in [0.717, 1.165) is 10.8 Å². The van der Waals surface area contributed by atoms with E-state index in [1.54, 1.807) is 30.3 Å². The lowest BCUT2D eigenvalue weighted by Gasteiger charge is -2.09. The summed E-state index contributed by atoms with van der Waals surface area (Å²) in [5, 5.41) is 13.9. The summed E-state index contributed by atoms with van der Waals surface area (Å²) in [4.78, 5) is 24.4. The third kappa shape index (κ3) is 5.24. The number of nitrogens with zero attached hydrogens (tertiary/aromatic N) is 1. The number of amides is 1. The van der Waals surface area contributed by atoms with Crippen LogP contribution in [-0.2, 0) is 14.3 Å². The number of hydrogen-bond donors (Lipinski definition) is 1. The van der Waals surface area contributed by atoms with Gasteiger partial charge in [-0.15, -0.1) is 0 Å². The Hall–Kier alpha value is -4.11. The Balaban J connectivity index is 1.61. The summed E-state index contributed by atoms with van der Waals surface area (Å²) in [6.07, 6.45) is 1.40. The van der Waals surface area contributed by atoms with Crippen LogP contribution in [0.4, 0.5) is 5.69 Å². The van der Waals surface area contributed by atoms with Crippen LogP contribution < -0.4 is 10.1 Å². The molecule has 3 rings (SSSR count). The number of hydrogen-bond acceptors (Lipinski definition) is 5. The number of ether oxygens (including phenoxy) is 2. The van der Waals surface area contributed by atoms with Gasteiger partial charge in [0.15, 0.2) is 6.61 Å². The molecule has 0 aliphatic heterocycles. The van der Waals surface area contributed by atoms with Crippen molar-refractivity contribution in [2.24, 2.45) is 0 Å². The van der Waals surface area contributed by atoms with Crippen molar-refractivity contribution < 1.29 is 19.1 Å². The molecule has 0 atom stereocenters. The topological polar surface area (TPSA) is 88.4 Å². The second-order valence-corrected chi connectivity index (χ2v) is 6.32. The lowest BCUT2D eigenvalue weighted by atomic mass is 10.1. The highest BCUT2D eigenvalue weighted by Gasteiger charge is 2.14. The molecule has 0 aromatic heterocycles. The molecule has 6 heteroatoms. The van der Waals surface area contributed by atoms with Gasteiger partial charge in [-0.25, -0.2) is 4.79 Å². The molecule has 30 heavy (non-hydrogen) atoms. The third-order valence-corrected chi connectivity index (χ3v) is 4.24. The fourth-order valence-electron chi connectivity index (χ4n) is 2.86. The van der Waals surface area contributed by atoms with Crippen LogP contribution in [0.5, 0.6) is 5.75 Å². The molecule has 150 valence electrons. The second kappa shape index (κ2) is 9.89. The number of carbonyl (C=O) groups is 2. The average molecular weight is 400 g/mol. The molecule has 0 fully saturated rings. The average Bonchev–Trinajstić information content (AvgIpc) is 2.77. The SMILES string of the molecule is CCOc1ccc(/C=C(\C#N)C(=O)OCC(=O)Nc2cccc3ccccc23)cc1. The number of esters is 1. The van der Waals surface area contributed by atoms with Gasteiger partial charge < -0.3 is 14.8 Å². The molecule has 0 heterocycles. The summed E-state index contributed by atoms with van der Waals surface area (Å²) >= 11 is 0. The maximum atomic E-state index is 12.2. The van der Waals surface area contributed by atoms with Crippen molar-refractivity contribution in [2.75, 3.05) is 18.5 Å². The summed E-state index contributed by atoms with van der Waals surface area (Å²) < 4.78 is 10.4. The van der Waals surface area contributed by atoms with E-state index >= 15 is 0 Å². The zero-order valence-electron chi connectivity index (χ0n) is 16.4. The van der Waals surface area contributed by atoms with Gasteiger partial charge in [-0.2, -0.15) is 5.26 Å². The maximum absolute atomic E-state index is 12.2. The van der Waals surface area contributed by atoms with Crippen LogP contribution in [-0.4, -0.2) is 25.1 Å². The van der Waals surface area contributed by atoms with Crippen molar-refractivity contribution in [3.8, 4) is 11.8 Å². The Kier molecular flexibility index (Phi) is 6.80. The first kappa shape index (κ1) is 20.6. The number of carbonyl (C=O) groups excluding carboxylic acids is 2. The monoisotopic (exact) mass is 400 g/mol. The first-order chi connectivity index (χ1) is 14.6.